The molecular formula is C30H32Cl2N6. The first kappa shape index (κ1) is 26.6. The summed E-state index contributed by atoms with van der Waals surface area (Å²) in [6.07, 6.45) is 12.8. The lowest BCUT2D eigenvalue weighted by molar-refractivity contribution is 0.113. The van der Waals surface area contributed by atoms with Gasteiger partial charge in [0.1, 0.15) is 0 Å². The first-order valence-electron chi connectivity index (χ1n) is 13.0. The second-order valence-electron chi connectivity index (χ2n) is 9.78. The molecule has 1 unspecified atom stereocenters. The lowest BCUT2D eigenvalue weighted by Gasteiger charge is -2.38. The number of allylic oxidation sites excluding steroid dienone is 6. The number of hydrogen-bond acceptors (Lipinski definition) is 5. The molecule has 0 radical (unpaired) electrons. The standard InChI is InChI=1S/C30H32Cl2N6/c1-22-9-6-7-10-23(2)28(22)38-30(33-34-35-38)29(25-14-15-26(31)27(32)21-25)37-19-17-36(18-20-37)16-8-13-24-11-4-3-5-12-24/h3-15,21-22,29H,16-20H2,1-2H3/b13-8+/t22?,29-/m0/s1. The van der Waals surface area contributed by atoms with E-state index in [0.29, 0.717) is 10.0 Å². The zero-order chi connectivity index (χ0) is 26.5. The zero-order valence-electron chi connectivity index (χ0n) is 21.7. The van der Waals surface area contributed by atoms with Crippen LogP contribution in [-0.4, -0.2) is 62.7 Å². The molecule has 0 N–H and O–H groups in total. The van der Waals surface area contributed by atoms with Crippen LogP contribution in [0.2, 0.25) is 10.0 Å². The van der Waals surface area contributed by atoms with E-state index in [2.05, 4.69) is 99.9 Å². The Morgan fingerprint density at radius 2 is 1.79 bits per heavy atom. The number of halogens is 2. The van der Waals surface area contributed by atoms with Crippen molar-refractivity contribution in [3.8, 4) is 0 Å². The third kappa shape index (κ3) is 6.00. The smallest absolute Gasteiger partial charge is 0.177 e. The summed E-state index contributed by atoms with van der Waals surface area (Å²) in [7, 11) is 0. The summed E-state index contributed by atoms with van der Waals surface area (Å²) < 4.78 is 1.92. The van der Waals surface area contributed by atoms with Crippen molar-refractivity contribution >= 4 is 35.0 Å². The van der Waals surface area contributed by atoms with Crippen molar-refractivity contribution in [1.29, 1.82) is 0 Å². The van der Waals surface area contributed by atoms with Gasteiger partial charge in [-0.1, -0.05) is 103 Å². The van der Waals surface area contributed by atoms with Crippen LogP contribution in [0.25, 0.3) is 11.8 Å². The molecule has 1 fully saturated rings. The maximum Gasteiger partial charge on any atom is 0.177 e. The average molecular weight is 548 g/mol. The zero-order valence-corrected chi connectivity index (χ0v) is 23.2. The van der Waals surface area contributed by atoms with Crippen molar-refractivity contribution in [2.24, 2.45) is 5.92 Å². The molecule has 2 aromatic carbocycles. The van der Waals surface area contributed by atoms with Gasteiger partial charge in [-0.25, -0.2) is 0 Å². The molecule has 2 aliphatic rings. The summed E-state index contributed by atoms with van der Waals surface area (Å²) in [4.78, 5) is 4.92. The highest BCUT2D eigenvalue weighted by atomic mass is 35.5. The number of hydrogen-bond donors (Lipinski definition) is 0. The number of nitrogens with zero attached hydrogens (tertiary/aromatic N) is 6. The minimum Gasteiger partial charge on any atom is -0.297 e. The largest absolute Gasteiger partial charge is 0.297 e. The summed E-state index contributed by atoms with van der Waals surface area (Å²) in [5.74, 6) is 0.945. The molecule has 196 valence electrons. The van der Waals surface area contributed by atoms with Crippen LogP contribution in [0.5, 0.6) is 0 Å². The highest BCUT2D eigenvalue weighted by molar-refractivity contribution is 6.42. The van der Waals surface area contributed by atoms with Crippen molar-refractivity contribution in [2.45, 2.75) is 19.9 Å². The van der Waals surface area contributed by atoms with Crippen LogP contribution in [-0.2, 0) is 0 Å². The molecule has 2 heterocycles. The van der Waals surface area contributed by atoms with Gasteiger partial charge >= 0.3 is 0 Å². The molecule has 1 aromatic heterocycles. The van der Waals surface area contributed by atoms with Crippen LogP contribution in [0, 0.1) is 5.92 Å². The molecule has 1 aliphatic carbocycles. The van der Waals surface area contributed by atoms with E-state index in [4.69, 9.17) is 23.2 Å². The van der Waals surface area contributed by atoms with Crippen molar-refractivity contribution in [3.05, 3.63) is 111 Å². The average Bonchev–Trinajstić information content (AvgIpc) is 3.32. The summed E-state index contributed by atoms with van der Waals surface area (Å²) in [5.41, 5.74) is 4.46. The van der Waals surface area contributed by atoms with Gasteiger partial charge in [0, 0.05) is 38.6 Å². The topological polar surface area (TPSA) is 50.1 Å². The van der Waals surface area contributed by atoms with Crippen LogP contribution in [0.3, 0.4) is 0 Å². The maximum absolute atomic E-state index is 6.49. The van der Waals surface area contributed by atoms with Crippen LogP contribution in [0.15, 0.2) is 84.5 Å². The van der Waals surface area contributed by atoms with Gasteiger partial charge in [0.15, 0.2) is 5.82 Å². The second-order valence-corrected chi connectivity index (χ2v) is 10.6. The molecule has 0 spiro atoms. The van der Waals surface area contributed by atoms with E-state index in [1.54, 1.807) is 0 Å². The van der Waals surface area contributed by atoms with E-state index in [0.717, 1.165) is 55.4 Å². The molecule has 8 heteroatoms. The van der Waals surface area contributed by atoms with E-state index in [1.807, 2.05) is 28.9 Å². The molecular weight excluding hydrogens is 515 g/mol. The highest BCUT2D eigenvalue weighted by Crippen LogP contribution is 2.35. The van der Waals surface area contributed by atoms with E-state index in [-0.39, 0.29) is 12.0 Å². The van der Waals surface area contributed by atoms with Gasteiger partial charge in [0.05, 0.1) is 21.8 Å². The Hall–Kier alpha value is -3.03. The molecule has 5 rings (SSSR count). The molecule has 0 amide bonds. The summed E-state index contributed by atoms with van der Waals surface area (Å²) in [6, 6.07) is 16.1. The van der Waals surface area contributed by atoms with Crippen LogP contribution < -0.4 is 0 Å². The highest BCUT2D eigenvalue weighted by Gasteiger charge is 2.32. The molecule has 38 heavy (non-hydrogen) atoms. The molecule has 1 aliphatic heterocycles. The minimum absolute atomic E-state index is 0.162. The fourth-order valence-electron chi connectivity index (χ4n) is 5.17. The minimum atomic E-state index is -0.162. The molecule has 3 aromatic rings. The maximum atomic E-state index is 6.49. The van der Waals surface area contributed by atoms with E-state index < -0.39 is 0 Å². The fraction of sp³-hybridized carbons (Fsp3) is 0.300. The Balaban J connectivity index is 1.41. The SMILES string of the molecule is CC1=C(n2nnnc2[C@H](c2ccc(Cl)c(Cl)c2)N2CCN(C/C=C/c3ccccc3)CC2)C(C)C=CC=C1. The Morgan fingerprint density at radius 3 is 2.55 bits per heavy atom. The van der Waals surface area contributed by atoms with Crippen molar-refractivity contribution < 1.29 is 0 Å². The summed E-state index contributed by atoms with van der Waals surface area (Å²) in [5, 5.41) is 14.3. The number of benzene rings is 2. The van der Waals surface area contributed by atoms with Crippen molar-refractivity contribution in [3.63, 3.8) is 0 Å². The van der Waals surface area contributed by atoms with Crippen molar-refractivity contribution in [1.82, 2.24) is 30.0 Å². The third-order valence-corrected chi connectivity index (χ3v) is 7.90. The van der Waals surface area contributed by atoms with E-state index in [9.17, 15) is 0 Å². The normalized spacial score (nSPS) is 19.8. The number of rotatable bonds is 7. The number of aromatic nitrogens is 4. The molecule has 0 bridgehead atoms. The first-order valence-corrected chi connectivity index (χ1v) is 13.7. The first-order chi connectivity index (χ1) is 18.5. The van der Waals surface area contributed by atoms with Crippen LogP contribution in [0.4, 0.5) is 0 Å². The number of tetrazole rings is 1. The lowest BCUT2D eigenvalue weighted by atomic mass is 10.0. The Bertz CT molecular complexity index is 1370. The molecule has 6 nitrogen and oxygen atoms in total. The molecule has 1 saturated heterocycles. The number of piperazine rings is 1. The summed E-state index contributed by atoms with van der Waals surface area (Å²) in [6.45, 7) is 8.85. The van der Waals surface area contributed by atoms with Gasteiger partial charge in [-0.15, -0.1) is 5.10 Å². The summed E-state index contributed by atoms with van der Waals surface area (Å²) >= 11 is 12.8. The Labute approximate surface area is 234 Å². The van der Waals surface area contributed by atoms with Gasteiger partial charge < -0.3 is 0 Å². The Kier molecular flexibility index (Phi) is 8.55. The second kappa shape index (κ2) is 12.2. The van der Waals surface area contributed by atoms with Gasteiger partial charge in [0.25, 0.3) is 0 Å². The van der Waals surface area contributed by atoms with Crippen molar-refractivity contribution in [2.75, 3.05) is 32.7 Å². The molecule has 2 atom stereocenters. The monoisotopic (exact) mass is 546 g/mol. The van der Waals surface area contributed by atoms with Gasteiger partial charge in [-0.3, -0.25) is 9.80 Å². The van der Waals surface area contributed by atoms with Gasteiger partial charge in [-0.2, -0.15) is 4.68 Å². The van der Waals surface area contributed by atoms with E-state index >= 15 is 0 Å². The van der Waals surface area contributed by atoms with Gasteiger partial charge in [0.2, 0.25) is 0 Å². The quantitative estimate of drug-likeness (QED) is 0.343. The Morgan fingerprint density at radius 1 is 1.00 bits per heavy atom. The van der Waals surface area contributed by atoms with Crippen LogP contribution in [0.1, 0.15) is 36.8 Å². The van der Waals surface area contributed by atoms with Gasteiger partial charge in [-0.05, 0) is 46.2 Å². The lowest BCUT2D eigenvalue weighted by Crippen LogP contribution is -2.48. The molecule has 0 saturated carbocycles. The van der Waals surface area contributed by atoms with E-state index in [1.165, 1.54) is 5.56 Å². The van der Waals surface area contributed by atoms with Crippen LogP contribution >= 0.6 is 23.2 Å². The predicted octanol–water partition coefficient (Wildman–Crippen LogP) is 6.39. The predicted molar refractivity (Wildman–Crippen MR) is 156 cm³/mol. The fourth-order valence-corrected chi connectivity index (χ4v) is 5.48. The third-order valence-electron chi connectivity index (χ3n) is 7.16.